The van der Waals surface area contributed by atoms with E-state index in [0.717, 1.165) is 12.1 Å². The van der Waals surface area contributed by atoms with Crippen molar-refractivity contribution >= 4 is 10.0 Å². The Hall–Kier alpha value is -2.24. The summed E-state index contributed by atoms with van der Waals surface area (Å²) < 4.78 is 53.8. The molecule has 0 aliphatic rings. The minimum Gasteiger partial charge on any atom is -0.335 e. The normalized spacial score (nSPS) is 12.8. The fraction of sp³-hybridized carbons (Fsp3) is 0.312. The van der Waals surface area contributed by atoms with Crippen molar-refractivity contribution in [1.29, 1.82) is 5.26 Å². The molecule has 24 heavy (non-hydrogen) atoms. The number of halogens is 2. The first-order chi connectivity index (χ1) is 11.2. The van der Waals surface area contributed by atoms with Gasteiger partial charge in [0.15, 0.2) is 0 Å². The molecule has 0 saturated heterocycles. The molecule has 0 fully saturated rings. The lowest BCUT2D eigenvalue weighted by Gasteiger charge is -2.16. The summed E-state index contributed by atoms with van der Waals surface area (Å²) in [7, 11) is -2.46. The number of nitrogens with zero attached hydrogens (tertiary/aromatic N) is 2. The predicted octanol–water partition coefficient (Wildman–Crippen LogP) is 2.97. The van der Waals surface area contributed by atoms with Gasteiger partial charge in [-0.25, -0.2) is 22.3 Å². The van der Waals surface area contributed by atoms with E-state index in [4.69, 9.17) is 10.4 Å². The summed E-state index contributed by atoms with van der Waals surface area (Å²) in [5.74, 6) is -1.80. The Bertz CT molecular complexity index is 891. The van der Waals surface area contributed by atoms with Crippen LogP contribution in [0.4, 0.5) is 8.78 Å². The third-order valence-corrected chi connectivity index (χ3v) is 5.18. The molecule has 0 bridgehead atoms. The van der Waals surface area contributed by atoms with E-state index in [9.17, 15) is 17.2 Å². The minimum atomic E-state index is -3.98. The van der Waals surface area contributed by atoms with Crippen LogP contribution in [0.2, 0.25) is 0 Å². The van der Waals surface area contributed by atoms with E-state index in [1.807, 2.05) is 6.07 Å². The summed E-state index contributed by atoms with van der Waals surface area (Å²) in [6.07, 6.45) is 0.662. The molecule has 1 atom stereocenters. The van der Waals surface area contributed by atoms with Crippen LogP contribution in [0.25, 0.3) is 11.3 Å². The molecule has 8 heteroatoms. The Labute approximate surface area is 139 Å². The summed E-state index contributed by atoms with van der Waals surface area (Å²) in [6, 6.07) is 6.77. The number of nitrogens with two attached hydrogens (primary N) is 1. The Morgan fingerprint density at radius 1 is 1.29 bits per heavy atom. The Balaban J connectivity index is 2.60. The first kappa shape index (κ1) is 18.1. The standard InChI is InChI=1S/C16H17F2N3O2S/c1-3-4-15(24(20,22)23)10-7-12(17)16(13(18)8-10)14-6-5-11(9-19)21(14)2/h5-8,15H,3-4H2,1-2H3,(H2,20,22,23). The molecular formula is C16H17F2N3O2S. The Morgan fingerprint density at radius 3 is 2.29 bits per heavy atom. The molecule has 0 spiro atoms. The van der Waals surface area contributed by atoms with Crippen molar-refractivity contribution in [2.24, 2.45) is 12.2 Å². The van der Waals surface area contributed by atoms with Gasteiger partial charge in [-0.1, -0.05) is 13.3 Å². The van der Waals surface area contributed by atoms with Crippen LogP contribution in [-0.4, -0.2) is 13.0 Å². The lowest BCUT2D eigenvalue weighted by atomic mass is 10.0. The van der Waals surface area contributed by atoms with Gasteiger partial charge in [0, 0.05) is 7.05 Å². The molecule has 0 saturated carbocycles. The molecule has 1 aromatic heterocycles. The second kappa shape index (κ2) is 6.71. The summed E-state index contributed by atoms with van der Waals surface area (Å²) in [4.78, 5) is 0. The maximum atomic E-state index is 14.5. The summed E-state index contributed by atoms with van der Waals surface area (Å²) in [5, 5.41) is 13.0. The highest BCUT2D eigenvalue weighted by Crippen LogP contribution is 2.33. The Morgan fingerprint density at radius 2 is 1.88 bits per heavy atom. The molecule has 5 nitrogen and oxygen atoms in total. The largest absolute Gasteiger partial charge is 0.335 e. The number of rotatable bonds is 5. The van der Waals surface area contributed by atoms with Crippen molar-refractivity contribution in [2.75, 3.05) is 0 Å². The van der Waals surface area contributed by atoms with Crippen molar-refractivity contribution in [2.45, 2.75) is 25.0 Å². The Kier molecular flexibility index (Phi) is 5.06. The molecule has 1 heterocycles. The van der Waals surface area contributed by atoms with E-state index in [1.54, 1.807) is 6.92 Å². The molecule has 2 aromatic rings. The first-order valence-electron chi connectivity index (χ1n) is 7.27. The van der Waals surface area contributed by atoms with Crippen LogP contribution in [0.15, 0.2) is 24.3 Å². The summed E-state index contributed by atoms with van der Waals surface area (Å²) in [5.41, 5.74) is 0.109. The van der Waals surface area contributed by atoms with Crippen LogP contribution in [0, 0.1) is 23.0 Å². The van der Waals surface area contributed by atoms with Crippen molar-refractivity contribution < 1.29 is 17.2 Å². The highest BCUT2D eigenvalue weighted by Gasteiger charge is 2.26. The molecule has 0 amide bonds. The monoisotopic (exact) mass is 353 g/mol. The second-order valence-corrected chi connectivity index (χ2v) is 7.25. The van der Waals surface area contributed by atoms with Crippen molar-refractivity contribution in [3.63, 3.8) is 0 Å². The summed E-state index contributed by atoms with van der Waals surface area (Å²) >= 11 is 0. The summed E-state index contributed by atoms with van der Waals surface area (Å²) in [6.45, 7) is 1.76. The van der Waals surface area contributed by atoms with Crippen molar-refractivity contribution in [3.8, 4) is 17.3 Å². The van der Waals surface area contributed by atoms with E-state index < -0.39 is 26.9 Å². The zero-order chi connectivity index (χ0) is 18.1. The van der Waals surface area contributed by atoms with Crippen LogP contribution in [0.3, 0.4) is 0 Å². The van der Waals surface area contributed by atoms with E-state index >= 15 is 0 Å². The fourth-order valence-electron chi connectivity index (χ4n) is 2.68. The third-order valence-electron chi connectivity index (χ3n) is 3.88. The molecule has 2 N–H and O–H groups in total. The van der Waals surface area contributed by atoms with E-state index in [-0.39, 0.29) is 28.9 Å². The minimum absolute atomic E-state index is 0.0205. The number of sulfonamides is 1. The van der Waals surface area contributed by atoms with E-state index in [0.29, 0.717) is 6.42 Å². The number of nitriles is 1. The maximum Gasteiger partial charge on any atom is 0.216 e. The van der Waals surface area contributed by atoms with Gasteiger partial charge in [0.25, 0.3) is 0 Å². The number of hydrogen-bond acceptors (Lipinski definition) is 3. The zero-order valence-electron chi connectivity index (χ0n) is 13.3. The van der Waals surface area contributed by atoms with Gasteiger partial charge in [-0.05, 0) is 36.2 Å². The first-order valence-corrected chi connectivity index (χ1v) is 8.88. The van der Waals surface area contributed by atoms with Gasteiger partial charge in [-0.3, -0.25) is 0 Å². The van der Waals surface area contributed by atoms with Gasteiger partial charge in [0.1, 0.15) is 28.6 Å². The van der Waals surface area contributed by atoms with Gasteiger partial charge < -0.3 is 4.57 Å². The van der Waals surface area contributed by atoms with Crippen molar-refractivity contribution in [3.05, 3.63) is 47.2 Å². The average molecular weight is 353 g/mol. The molecular weight excluding hydrogens is 336 g/mol. The topological polar surface area (TPSA) is 88.9 Å². The zero-order valence-corrected chi connectivity index (χ0v) is 14.1. The van der Waals surface area contributed by atoms with Crippen LogP contribution in [0.5, 0.6) is 0 Å². The van der Waals surface area contributed by atoms with E-state index in [2.05, 4.69) is 0 Å². The van der Waals surface area contributed by atoms with Crippen molar-refractivity contribution in [1.82, 2.24) is 4.57 Å². The molecule has 0 aliphatic heterocycles. The van der Waals surface area contributed by atoms with Crippen LogP contribution < -0.4 is 5.14 Å². The van der Waals surface area contributed by atoms with Gasteiger partial charge in [0.05, 0.1) is 11.3 Å². The number of aromatic nitrogens is 1. The lowest BCUT2D eigenvalue weighted by Crippen LogP contribution is -2.22. The molecule has 0 radical (unpaired) electrons. The molecule has 2 rings (SSSR count). The highest BCUT2D eigenvalue weighted by atomic mass is 32.2. The van der Waals surface area contributed by atoms with Crippen LogP contribution in [0.1, 0.15) is 36.3 Å². The predicted molar refractivity (Wildman–Crippen MR) is 86.2 cm³/mol. The molecule has 128 valence electrons. The lowest BCUT2D eigenvalue weighted by molar-refractivity contribution is 0.565. The maximum absolute atomic E-state index is 14.5. The molecule has 1 aromatic carbocycles. The van der Waals surface area contributed by atoms with E-state index in [1.165, 1.54) is 23.7 Å². The average Bonchev–Trinajstić information content (AvgIpc) is 2.84. The highest BCUT2D eigenvalue weighted by molar-refractivity contribution is 7.89. The number of hydrogen-bond donors (Lipinski definition) is 1. The van der Waals surface area contributed by atoms with Crippen LogP contribution in [-0.2, 0) is 17.1 Å². The SMILES string of the molecule is CCCC(c1cc(F)c(-c2ccc(C#N)n2C)c(F)c1)S(N)(=O)=O. The smallest absolute Gasteiger partial charge is 0.216 e. The molecule has 1 unspecified atom stereocenters. The second-order valence-electron chi connectivity index (χ2n) is 5.50. The number of benzene rings is 1. The van der Waals surface area contributed by atoms with Gasteiger partial charge in [-0.2, -0.15) is 5.26 Å². The molecule has 0 aliphatic carbocycles. The van der Waals surface area contributed by atoms with Crippen LogP contribution >= 0.6 is 0 Å². The fourth-order valence-corrected chi connectivity index (χ4v) is 3.76. The van der Waals surface area contributed by atoms with Gasteiger partial charge in [-0.15, -0.1) is 0 Å². The van der Waals surface area contributed by atoms with Gasteiger partial charge in [0.2, 0.25) is 10.0 Å². The van der Waals surface area contributed by atoms with Gasteiger partial charge >= 0.3 is 0 Å². The third kappa shape index (κ3) is 3.32. The quantitative estimate of drug-likeness (QED) is 0.896. The number of primary sulfonamides is 1.